The van der Waals surface area contributed by atoms with Crippen LogP contribution in [-0.4, -0.2) is 23.7 Å². The minimum absolute atomic E-state index is 0.361. The molecule has 0 atom stereocenters. The summed E-state index contributed by atoms with van der Waals surface area (Å²) >= 11 is 0. The summed E-state index contributed by atoms with van der Waals surface area (Å²) in [5, 5.41) is 28.6. The van der Waals surface area contributed by atoms with Gasteiger partial charge >= 0.3 is 0 Å². The number of fused-ring (bicyclic) bond motifs is 9. The Morgan fingerprint density at radius 2 is 0.711 bits per heavy atom. The fourth-order valence-corrected chi connectivity index (χ4v) is 12.3. The first-order valence-corrected chi connectivity index (χ1v) is 27.1. The average molecular weight is 1060 g/mol. The van der Waals surface area contributed by atoms with Crippen LogP contribution in [0.3, 0.4) is 0 Å². The molecule has 0 aliphatic carbocycles. The molecule has 11 aromatic carbocycles. The van der Waals surface area contributed by atoms with E-state index in [9.17, 15) is 10.5 Å². The normalized spacial score (nSPS) is 11.3. The van der Waals surface area contributed by atoms with Gasteiger partial charge in [0.25, 0.3) is 0 Å². The molecule has 382 valence electrons. The van der Waals surface area contributed by atoms with E-state index < -0.39 is 0 Å². The topological polar surface area (TPSA) is 96.9 Å². The van der Waals surface area contributed by atoms with Crippen molar-refractivity contribution in [3.63, 3.8) is 0 Å². The van der Waals surface area contributed by atoms with Crippen molar-refractivity contribution >= 4 is 76.8 Å². The maximum atomic E-state index is 10.8. The van der Waals surface area contributed by atoms with Crippen LogP contribution in [0.5, 0.6) is 0 Å². The molecule has 0 spiro atoms. The average Bonchev–Trinajstić information content (AvgIpc) is 4.41. The van der Waals surface area contributed by atoms with Crippen LogP contribution >= 0.6 is 0 Å². The Morgan fingerprint density at radius 3 is 1.20 bits per heavy atom. The molecular formula is C74H41N9. The smallest absolute Gasteiger partial charge is 0.198 e. The van der Waals surface area contributed by atoms with Crippen LogP contribution < -0.4 is 0 Å². The molecule has 0 saturated carbocycles. The van der Waals surface area contributed by atoms with Crippen molar-refractivity contribution in [3.8, 4) is 85.4 Å². The first-order valence-electron chi connectivity index (χ1n) is 27.1. The monoisotopic (exact) mass is 1060 g/mol. The molecule has 9 heteroatoms. The molecule has 0 bridgehead atoms. The molecule has 9 nitrogen and oxygen atoms in total. The Bertz CT molecular complexity index is 4990. The highest BCUT2D eigenvalue weighted by Crippen LogP contribution is 2.42. The van der Waals surface area contributed by atoms with Gasteiger partial charge in [-0.2, -0.15) is 10.5 Å². The molecule has 15 aromatic rings. The molecule has 0 unspecified atom stereocenters. The number of nitrogens with zero attached hydrogens (tertiary/aromatic N) is 9. The third kappa shape index (κ3) is 7.74. The second-order valence-corrected chi connectivity index (χ2v) is 20.5. The molecule has 4 aromatic heterocycles. The summed E-state index contributed by atoms with van der Waals surface area (Å²) in [7, 11) is 0. The number of benzene rings is 11. The van der Waals surface area contributed by atoms with Gasteiger partial charge in [0.15, 0.2) is 11.4 Å². The van der Waals surface area contributed by atoms with Crippen LogP contribution in [0.15, 0.2) is 249 Å². The van der Waals surface area contributed by atoms with Gasteiger partial charge in [-0.25, -0.2) is 19.7 Å². The lowest BCUT2D eigenvalue weighted by atomic mass is 9.90. The number of hydrogen-bond donors (Lipinski definition) is 0. The van der Waals surface area contributed by atoms with Crippen molar-refractivity contribution in [2.45, 2.75) is 0 Å². The van der Waals surface area contributed by atoms with Crippen LogP contribution in [0.25, 0.3) is 148 Å². The van der Waals surface area contributed by atoms with E-state index in [4.69, 9.17) is 23.1 Å². The van der Waals surface area contributed by atoms with Gasteiger partial charge in [-0.05, 0) is 108 Å². The second kappa shape index (κ2) is 19.3. The quantitative estimate of drug-likeness (QED) is 0.142. The lowest BCUT2D eigenvalue weighted by Crippen LogP contribution is -1.97. The second-order valence-electron chi connectivity index (χ2n) is 20.5. The minimum atomic E-state index is 0.361. The van der Waals surface area contributed by atoms with E-state index in [1.54, 1.807) is 18.2 Å². The zero-order valence-electron chi connectivity index (χ0n) is 44.2. The van der Waals surface area contributed by atoms with Crippen LogP contribution in [0, 0.1) is 35.8 Å². The lowest BCUT2D eigenvalue weighted by Gasteiger charge is -2.14. The molecule has 0 amide bonds. The molecule has 0 radical (unpaired) electrons. The summed E-state index contributed by atoms with van der Waals surface area (Å²) in [4.78, 5) is 17.3. The summed E-state index contributed by atoms with van der Waals surface area (Å²) in [5.74, 6) is 0.361. The maximum absolute atomic E-state index is 10.8. The molecule has 15 rings (SSSR count). The number of para-hydroxylation sites is 6. The number of rotatable bonds is 8. The Hall–Kier alpha value is -12.1. The fraction of sp³-hybridized carbons (Fsp3) is 0. The summed E-state index contributed by atoms with van der Waals surface area (Å²) in [6.07, 6.45) is 0. The van der Waals surface area contributed by atoms with Crippen LogP contribution in [0.2, 0.25) is 0 Å². The third-order valence-corrected chi connectivity index (χ3v) is 16.0. The van der Waals surface area contributed by atoms with E-state index in [0.29, 0.717) is 62.0 Å². The summed E-state index contributed by atoms with van der Waals surface area (Å²) in [5.41, 5.74) is 17.4. The molecule has 0 saturated heterocycles. The molecule has 0 fully saturated rings. The van der Waals surface area contributed by atoms with Crippen molar-refractivity contribution in [1.82, 2.24) is 23.7 Å². The predicted molar refractivity (Wildman–Crippen MR) is 334 cm³/mol. The van der Waals surface area contributed by atoms with Crippen molar-refractivity contribution < 1.29 is 0 Å². The van der Waals surface area contributed by atoms with E-state index in [2.05, 4.69) is 193 Å². The van der Waals surface area contributed by atoms with Crippen LogP contribution in [0.1, 0.15) is 11.1 Å². The first kappa shape index (κ1) is 48.0. The first-order chi connectivity index (χ1) is 41.0. The Balaban J connectivity index is 0.822. The van der Waals surface area contributed by atoms with Gasteiger partial charge in [-0.15, -0.1) is 0 Å². The van der Waals surface area contributed by atoms with Gasteiger partial charge in [0.2, 0.25) is 0 Å². The van der Waals surface area contributed by atoms with Gasteiger partial charge in [0.05, 0.1) is 80.9 Å². The van der Waals surface area contributed by atoms with Crippen molar-refractivity contribution in [2.75, 3.05) is 0 Å². The molecule has 0 aliphatic rings. The van der Waals surface area contributed by atoms with E-state index in [1.165, 1.54) is 21.5 Å². The predicted octanol–water partition coefficient (Wildman–Crippen LogP) is 18.9. The number of aromatic nitrogens is 5. The van der Waals surface area contributed by atoms with E-state index in [-0.39, 0.29) is 0 Å². The van der Waals surface area contributed by atoms with Crippen LogP contribution in [0.4, 0.5) is 11.4 Å². The van der Waals surface area contributed by atoms with E-state index >= 15 is 0 Å². The fourth-order valence-electron chi connectivity index (χ4n) is 12.3. The number of nitriles is 2. The lowest BCUT2D eigenvalue weighted by molar-refractivity contribution is 1.16. The van der Waals surface area contributed by atoms with E-state index in [1.807, 2.05) is 72.8 Å². The molecule has 0 N–H and O–H groups in total. The molecule has 83 heavy (non-hydrogen) atoms. The highest BCUT2D eigenvalue weighted by Gasteiger charge is 2.22. The highest BCUT2D eigenvalue weighted by molar-refractivity contribution is 6.14. The maximum Gasteiger partial charge on any atom is 0.198 e. The van der Waals surface area contributed by atoms with E-state index in [0.717, 1.165) is 77.6 Å². The third-order valence-electron chi connectivity index (χ3n) is 16.0. The van der Waals surface area contributed by atoms with Gasteiger partial charge in [0, 0.05) is 71.6 Å². The molecule has 4 heterocycles. The van der Waals surface area contributed by atoms with Gasteiger partial charge in [0.1, 0.15) is 5.82 Å². The highest BCUT2D eigenvalue weighted by atomic mass is 15.0. The van der Waals surface area contributed by atoms with Crippen molar-refractivity contribution in [1.29, 1.82) is 10.5 Å². The minimum Gasteiger partial charge on any atom is -0.309 e. The summed E-state index contributed by atoms with van der Waals surface area (Å²) in [6, 6.07) is 88.9. The Kier molecular flexibility index (Phi) is 11.2. The van der Waals surface area contributed by atoms with Gasteiger partial charge in [-0.1, -0.05) is 158 Å². The molecular weight excluding hydrogens is 1010 g/mol. The standard InChI is InChI=1S/C74H41N9/c1-77-63-21-9-3-19-59(63)66-43-65(79-74(80-66)60-20-4-10-22-64(60)78-2)47-27-29-48(30-28-47)73-50(44-75)39-49(40-51(73)45-76)46-31-33-52(34-32-46)81-71-37-35-53(82-67-23-11-5-15-55(67)56-16-6-12-24-68(56)82)41-61(71)62-42-54(36-38-72(62)81)83-69-25-13-7-17-57(69)58-18-8-14-26-70(58)83/h3-43H. The summed E-state index contributed by atoms with van der Waals surface area (Å²) in [6.45, 7) is 15.7. The Labute approximate surface area is 476 Å². The SMILES string of the molecule is [C-]#[N+]c1ccccc1-c1cc(-c2ccc(-c3c(C#N)cc(-c4ccc(-n5c6ccc(-n7c8ccccc8c8ccccc87)cc6c6cc(-n7c8ccccc8c8ccccc87)ccc65)cc4)cc3C#N)cc2)nc(-c2ccccc2[N+]#[C-])n1. The summed E-state index contributed by atoms with van der Waals surface area (Å²) < 4.78 is 7.07. The Morgan fingerprint density at radius 1 is 0.325 bits per heavy atom. The van der Waals surface area contributed by atoms with Gasteiger partial charge in [-0.3, -0.25) is 0 Å². The largest absolute Gasteiger partial charge is 0.309 e. The van der Waals surface area contributed by atoms with Crippen LogP contribution in [-0.2, 0) is 0 Å². The van der Waals surface area contributed by atoms with Crippen molar-refractivity contribution in [3.05, 3.63) is 283 Å². The van der Waals surface area contributed by atoms with Gasteiger partial charge < -0.3 is 13.7 Å². The zero-order valence-corrected chi connectivity index (χ0v) is 44.2. The zero-order chi connectivity index (χ0) is 55.7. The van der Waals surface area contributed by atoms with Crippen molar-refractivity contribution in [2.24, 2.45) is 0 Å². The molecule has 0 aliphatic heterocycles. The number of hydrogen-bond acceptors (Lipinski definition) is 4.